The molecule has 2 amide bonds. The van der Waals surface area contributed by atoms with Crippen molar-refractivity contribution >= 4 is 23.5 Å². The van der Waals surface area contributed by atoms with Crippen LogP contribution in [0.3, 0.4) is 0 Å². The van der Waals surface area contributed by atoms with Gasteiger partial charge in [-0.25, -0.2) is 4.39 Å². The number of carbonyl (C=O) groups is 3. The number of nitrogens with zero attached hydrogens (tertiary/aromatic N) is 2. The summed E-state index contributed by atoms with van der Waals surface area (Å²) in [5.41, 5.74) is 0.568. The summed E-state index contributed by atoms with van der Waals surface area (Å²) in [7, 11) is 0. The van der Waals surface area contributed by atoms with E-state index in [2.05, 4.69) is 0 Å². The van der Waals surface area contributed by atoms with Crippen LogP contribution in [0.15, 0.2) is 24.3 Å². The van der Waals surface area contributed by atoms with Gasteiger partial charge >= 0.3 is 5.97 Å². The predicted octanol–water partition coefficient (Wildman–Crippen LogP) is 1.50. The van der Waals surface area contributed by atoms with Gasteiger partial charge in [-0.2, -0.15) is 0 Å². The van der Waals surface area contributed by atoms with E-state index in [1.165, 1.54) is 29.2 Å². The highest BCUT2D eigenvalue weighted by molar-refractivity contribution is 6.00. The Balaban J connectivity index is 1.67. The zero-order chi connectivity index (χ0) is 17.3. The van der Waals surface area contributed by atoms with E-state index in [1.807, 2.05) is 0 Å². The van der Waals surface area contributed by atoms with Crippen molar-refractivity contribution in [2.24, 2.45) is 11.8 Å². The molecule has 1 aromatic carbocycles. The summed E-state index contributed by atoms with van der Waals surface area (Å²) in [4.78, 5) is 39.0. The monoisotopic (exact) mass is 334 g/mol. The van der Waals surface area contributed by atoms with Gasteiger partial charge in [0.05, 0.1) is 11.8 Å². The van der Waals surface area contributed by atoms with Crippen LogP contribution in [0.5, 0.6) is 0 Å². The minimum absolute atomic E-state index is 0.102. The smallest absolute Gasteiger partial charge is 0.308 e. The maximum Gasteiger partial charge on any atom is 0.308 e. The van der Waals surface area contributed by atoms with Gasteiger partial charge in [0.2, 0.25) is 11.8 Å². The summed E-state index contributed by atoms with van der Waals surface area (Å²) in [6.07, 6.45) is 1.33. The van der Waals surface area contributed by atoms with Gasteiger partial charge in [0.1, 0.15) is 5.82 Å². The van der Waals surface area contributed by atoms with Crippen molar-refractivity contribution in [3.8, 4) is 0 Å². The number of hydrogen-bond acceptors (Lipinski definition) is 3. The molecule has 6 nitrogen and oxygen atoms in total. The molecule has 24 heavy (non-hydrogen) atoms. The SMILES string of the molecule is O=C(O)C1CCCN(C(=O)C2CC(=O)N(c3ccc(F)cc3)C2)C1. The first-order valence-corrected chi connectivity index (χ1v) is 8.03. The molecule has 2 fully saturated rings. The molecule has 2 heterocycles. The normalized spacial score (nSPS) is 24.3. The van der Waals surface area contributed by atoms with E-state index in [0.29, 0.717) is 25.1 Å². The highest BCUT2D eigenvalue weighted by Gasteiger charge is 2.39. The van der Waals surface area contributed by atoms with Crippen molar-refractivity contribution in [2.75, 3.05) is 24.5 Å². The van der Waals surface area contributed by atoms with Crippen LogP contribution >= 0.6 is 0 Å². The summed E-state index contributed by atoms with van der Waals surface area (Å²) in [5, 5.41) is 9.13. The fourth-order valence-corrected chi connectivity index (χ4v) is 3.38. The molecule has 3 rings (SSSR count). The summed E-state index contributed by atoms with van der Waals surface area (Å²) in [5.74, 6) is -2.62. The maximum atomic E-state index is 13.0. The molecule has 0 aliphatic carbocycles. The lowest BCUT2D eigenvalue weighted by Crippen LogP contribution is -2.45. The molecule has 128 valence electrons. The second-order valence-electron chi connectivity index (χ2n) is 6.34. The van der Waals surface area contributed by atoms with Gasteiger partial charge in [-0.1, -0.05) is 0 Å². The van der Waals surface area contributed by atoms with Gasteiger partial charge in [-0.3, -0.25) is 14.4 Å². The number of carboxylic acids is 1. The molecule has 2 unspecified atom stereocenters. The highest BCUT2D eigenvalue weighted by atomic mass is 19.1. The second-order valence-corrected chi connectivity index (χ2v) is 6.34. The number of likely N-dealkylation sites (tertiary alicyclic amines) is 1. The summed E-state index contributed by atoms with van der Waals surface area (Å²) in [6, 6.07) is 5.59. The van der Waals surface area contributed by atoms with Crippen LogP contribution in [0.4, 0.5) is 10.1 Å². The minimum Gasteiger partial charge on any atom is -0.481 e. The summed E-state index contributed by atoms with van der Waals surface area (Å²) < 4.78 is 13.0. The number of anilines is 1. The third-order valence-corrected chi connectivity index (χ3v) is 4.69. The number of aliphatic carboxylic acids is 1. The van der Waals surface area contributed by atoms with Crippen molar-refractivity contribution < 1.29 is 23.9 Å². The van der Waals surface area contributed by atoms with Crippen LogP contribution in [0.25, 0.3) is 0 Å². The van der Waals surface area contributed by atoms with E-state index < -0.39 is 17.8 Å². The van der Waals surface area contributed by atoms with Crippen LogP contribution in [-0.2, 0) is 14.4 Å². The van der Waals surface area contributed by atoms with Gasteiger partial charge in [-0.05, 0) is 37.1 Å². The lowest BCUT2D eigenvalue weighted by molar-refractivity contribution is -0.146. The standard InChI is InChI=1S/C17H19FN2O4/c18-13-3-5-14(6-4-13)20-10-12(8-15(20)21)16(22)19-7-1-2-11(9-19)17(23)24/h3-6,11-12H,1-2,7-10H2,(H,23,24). The number of benzene rings is 1. The van der Waals surface area contributed by atoms with E-state index in [4.69, 9.17) is 5.11 Å². The second kappa shape index (κ2) is 6.59. The largest absolute Gasteiger partial charge is 0.481 e. The van der Waals surface area contributed by atoms with Crippen molar-refractivity contribution in [1.82, 2.24) is 4.90 Å². The summed E-state index contributed by atoms with van der Waals surface area (Å²) in [6.45, 7) is 0.983. The Labute approximate surface area is 138 Å². The van der Waals surface area contributed by atoms with E-state index in [-0.39, 0.29) is 37.1 Å². The van der Waals surface area contributed by atoms with Crippen LogP contribution in [0, 0.1) is 17.7 Å². The molecule has 2 aliphatic heterocycles. The molecule has 7 heteroatoms. The first kappa shape index (κ1) is 16.4. The Bertz CT molecular complexity index is 661. The third-order valence-electron chi connectivity index (χ3n) is 4.69. The molecule has 2 atom stereocenters. The quantitative estimate of drug-likeness (QED) is 0.909. The fourth-order valence-electron chi connectivity index (χ4n) is 3.38. The number of carboxylic acid groups (broad SMARTS) is 1. The summed E-state index contributed by atoms with van der Waals surface area (Å²) >= 11 is 0. The van der Waals surface area contributed by atoms with Crippen molar-refractivity contribution in [1.29, 1.82) is 0 Å². The molecule has 0 radical (unpaired) electrons. The average Bonchev–Trinajstić information content (AvgIpc) is 2.97. The molecule has 0 bridgehead atoms. The zero-order valence-corrected chi connectivity index (χ0v) is 13.2. The molecule has 2 aliphatic rings. The molecular formula is C17H19FN2O4. The maximum absolute atomic E-state index is 13.0. The Morgan fingerprint density at radius 3 is 2.50 bits per heavy atom. The van der Waals surface area contributed by atoms with Gasteiger partial charge in [0, 0.05) is 31.7 Å². The van der Waals surface area contributed by atoms with Crippen molar-refractivity contribution in [2.45, 2.75) is 19.3 Å². The Hall–Kier alpha value is -2.44. The number of rotatable bonds is 3. The first-order valence-electron chi connectivity index (χ1n) is 8.03. The van der Waals surface area contributed by atoms with E-state index in [1.54, 1.807) is 4.90 Å². The number of hydrogen-bond donors (Lipinski definition) is 1. The fraction of sp³-hybridized carbons (Fsp3) is 0.471. The van der Waals surface area contributed by atoms with E-state index >= 15 is 0 Å². The van der Waals surface area contributed by atoms with Crippen LogP contribution < -0.4 is 4.90 Å². The van der Waals surface area contributed by atoms with E-state index in [9.17, 15) is 18.8 Å². The zero-order valence-electron chi connectivity index (χ0n) is 13.2. The van der Waals surface area contributed by atoms with Crippen LogP contribution in [-0.4, -0.2) is 47.4 Å². The van der Waals surface area contributed by atoms with Gasteiger partial charge in [0.15, 0.2) is 0 Å². The lowest BCUT2D eigenvalue weighted by Gasteiger charge is -2.32. The Morgan fingerprint density at radius 1 is 1.12 bits per heavy atom. The minimum atomic E-state index is -0.886. The topological polar surface area (TPSA) is 77.9 Å². The molecule has 1 N–H and O–H groups in total. The highest BCUT2D eigenvalue weighted by Crippen LogP contribution is 2.28. The Morgan fingerprint density at radius 2 is 1.83 bits per heavy atom. The van der Waals surface area contributed by atoms with Crippen molar-refractivity contribution in [3.05, 3.63) is 30.1 Å². The van der Waals surface area contributed by atoms with Gasteiger partial charge in [0.25, 0.3) is 0 Å². The van der Waals surface area contributed by atoms with Crippen molar-refractivity contribution in [3.63, 3.8) is 0 Å². The van der Waals surface area contributed by atoms with Crippen LogP contribution in [0.2, 0.25) is 0 Å². The molecule has 0 aromatic heterocycles. The molecule has 0 spiro atoms. The molecule has 1 aromatic rings. The molecule has 2 saturated heterocycles. The lowest BCUT2D eigenvalue weighted by atomic mass is 9.96. The third kappa shape index (κ3) is 3.25. The number of carbonyl (C=O) groups excluding carboxylic acids is 2. The predicted molar refractivity (Wildman–Crippen MR) is 83.8 cm³/mol. The number of piperidine rings is 1. The van der Waals surface area contributed by atoms with Gasteiger partial charge in [-0.15, -0.1) is 0 Å². The van der Waals surface area contributed by atoms with Crippen LogP contribution in [0.1, 0.15) is 19.3 Å². The molecule has 0 saturated carbocycles. The Kier molecular flexibility index (Phi) is 4.51. The molecular weight excluding hydrogens is 315 g/mol. The number of amides is 2. The van der Waals surface area contributed by atoms with E-state index in [0.717, 1.165) is 0 Å². The number of halogens is 1. The van der Waals surface area contributed by atoms with Gasteiger partial charge < -0.3 is 14.9 Å². The average molecular weight is 334 g/mol. The first-order chi connectivity index (χ1) is 11.5.